The van der Waals surface area contributed by atoms with E-state index in [2.05, 4.69) is 27.9 Å². The molecule has 3 rings (SSSR count). The van der Waals surface area contributed by atoms with Gasteiger partial charge < -0.3 is 9.67 Å². The standard InChI is InChI=1S/C13H12N2OS/c1-15-6-10(9-4-2-3-5-12(9)15)11-8-17-13(7-16)14-11/h2-6,8,16H,7H2,1H3. The molecule has 0 saturated carbocycles. The van der Waals surface area contributed by atoms with E-state index in [-0.39, 0.29) is 6.61 Å². The van der Waals surface area contributed by atoms with Crippen molar-refractivity contribution in [3.05, 3.63) is 40.8 Å². The summed E-state index contributed by atoms with van der Waals surface area (Å²) in [5, 5.41) is 13.0. The lowest BCUT2D eigenvalue weighted by Gasteiger charge is -1.94. The molecule has 1 N–H and O–H groups in total. The average molecular weight is 244 g/mol. The Labute approximate surface area is 103 Å². The predicted octanol–water partition coefficient (Wildman–Crippen LogP) is 2.79. The van der Waals surface area contributed by atoms with Gasteiger partial charge in [0.05, 0.1) is 12.3 Å². The molecule has 0 bridgehead atoms. The Bertz CT molecular complexity index is 669. The van der Waals surface area contributed by atoms with Gasteiger partial charge in [0.25, 0.3) is 0 Å². The molecule has 0 aliphatic carbocycles. The Kier molecular flexibility index (Phi) is 2.46. The fourth-order valence-electron chi connectivity index (χ4n) is 2.05. The lowest BCUT2D eigenvalue weighted by atomic mass is 10.1. The van der Waals surface area contributed by atoms with E-state index in [9.17, 15) is 0 Å². The molecule has 4 heteroatoms. The Balaban J connectivity index is 2.23. The summed E-state index contributed by atoms with van der Waals surface area (Å²) in [5.41, 5.74) is 3.26. The van der Waals surface area contributed by atoms with Crippen molar-refractivity contribution in [3.8, 4) is 11.3 Å². The van der Waals surface area contributed by atoms with Crippen LogP contribution < -0.4 is 0 Å². The molecule has 0 fully saturated rings. The van der Waals surface area contributed by atoms with Crippen LogP contribution in [0.25, 0.3) is 22.2 Å². The number of hydrogen-bond acceptors (Lipinski definition) is 3. The zero-order valence-electron chi connectivity index (χ0n) is 9.42. The quantitative estimate of drug-likeness (QED) is 0.752. The second kappa shape index (κ2) is 3.98. The maximum Gasteiger partial charge on any atom is 0.119 e. The van der Waals surface area contributed by atoms with Gasteiger partial charge in [0.15, 0.2) is 0 Å². The van der Waals surface area contributed by atoms with Crippen molar-refractivity contribution in [2.45, 2.75) is 6.61 Å². The molecular weight excluding hydrogens is 232 g/mol. The van der Waals surface area contributed by atoms with Crippen LogP contribution in [0.2, 0.25) is 0 Å². The minimum absolute atomic E-state index is 0.00936. The molecule has 17 heavy (non-hydrogen) atoms. The van der Waals surface area contributed by atoms with Crippen molar-refractivity contribution < 1.29 is 5.11 Å². The topological polar surface area (TPSA) is 38.0 Å². The van der Waals surface area contributed by atoms with Crippen molar-refractivity contribution in [1.82, 2.24) is 9.55 Å². The van der Waals surface area contributed by atoms with Crippen LogP contribution in [-0.2, 0) is 13.7 Å². The van der Waals surface area contributed by atoms with Crippen molar-refractivity contribution in [2.75, 3.05) is 0 Å². The van der Waals surface area contributed by atoms with Gasteiger partial charge in [-0.25, -0.2) is 4.98 Å². The summed E-state index contributed by atoms with van der Waals surface area (Å²) in [4.78, 5) is 4.42. The number of aryl methyl sites for hydroxylation is 1. The number of benzene rings is 1. The fraction of sp³-hybridized carbons (Fsp3) is 0.154. The highest BCUT2D eigenvalue weighted by atomic mass is 32.1. The minimum atomic E-state index is 0.00936. The first-order chi connectivity index (χ1) is 8.29. The van der Waals surface area contributed by atoms with Gasteiger partial charge in [-0.05, 0) is 6.07 Å². The van der Waals surface area contributed by atoms with Crippen molar-refractivity contribution in [3.63, 3.8) is 0 Å². The summed E-state index contributed by atoms with van der Waals surface area (Å²) in [7, 11) is 2.03. The maximum atomic E-state index is 9.06. The van der Waals surface area contributed by atoms with Gasteiger partial charge in [-0.1, -0.05) is 18.2 Å². The third kappa shape index (κ3) is 1.66. The third-order valence-electron chi connectivity index (χ3n) is 2.86. The number of aliphatic hydroxyl groups is 1. The Morgan fingerprint density at radius 3 is 2.94 bits per heavy atom. The molecule has 0 atom stereocenters. The summed E-state index contributed by atoms with van der Waals surface area (Å²) in [6.45, 7) is 0.00936. The second-order valence-corrected chi connectivity index (χ2v) is 4.90. The molecule has 3 nitrogen and oxygen atoms in total. The molecule has 3 aromatic rings. The zero-order chi connectivity index (χ0) is 11.8. The highest BCUT2D eigenvalue weighted by Crippen LogP contribution is 2.30. The smallest absolute Gasteiger partial charge is 0.119 e. The van der Waals surface area contributed by atoms with Crippen molar-refractivity contribution >= 4 is 22.2 Å². The number of para-hydroxylation sites is 1. The van der Waals surface area contributed by atoms with Crippen LogP contribution in [0.4, 0.5) is 0 Å². The molecule has 0 radical (unpaired) electrons. The molecule has 2 heterocycles. The number of nitrogens with zero attached hydrogens (tertiary/aromatic N) is 2. The second-order valence-electron chi connectivity index (χ2n) is 3.96. The number of hydrogen-bond donors (Lipinski definition) is 1. The van der Waals surface area contributed by atoms with Crippen molar-refractivity contribution in [2.24, 2.45) is 7.05 Å². The maximum absolute atomic E-state index is 9.06. The van der Waals surface area contributed by atoms with Crippen molar-refractivity contribution in [1.29, 1.82) is 0 Å². The molecular formula is C13H12N2OS. The highest BCUT2D eigenvalue weighted by molar-refractivity contribution is 7.09. The van der Waals surface area contributed by atoms with Crippen LogP contribution in [0.3, 0.4) is 0 Å². The largest absolute Gasteiger partial charge is 0.389 e. The Hall–Kier alpha value is -1.65. The molecule has 2 aromatic heterocycles. The van der Waals surface area contributed by atoms with E-state index in [4.69, 9.17) is 5.11 Å². The molecule has 0 spiro atoms. The van der Waals surface area contributed by atoms with E-state index in [0.29, 0.717) is 0 Å². The van der Waals surface area contributed by atoms with Crippen LogP contribution in [0, 0.1) is 0 Å². The van der Waals surface area contributed by atoms with E-state index >= 15 is 0 Å². The first-order valence-corrected chi connectivity index (χ1v) is 6.27. The molecule has 0 aliphatic rings. The van der Waals surface area contributed by atoms with E-state index in [1.54, 1.807) is 0 Å². The van der Waals surface area contributed by atoms with E-state index in [1.807, 2.05) is 24.6 Å². The monoisotopic (exact) mass is 244 g/mol. The average Bonchev–Trinajstić information content (AvgIpc) is 2.95. The Morgan fingerprint density at radius 2 is 2.18 bits per heavy atom. The minimum Gasteiger partial charge on any atom is -0.389 e. The van der Waals surface area contributed by atoms with E-state index in [0.717, 1.165) is 16.3 Å². The van der Waals surface area contributed by atoms with Gasteiger partial charge in [0.1, 0.15) is 5.01 Å². The molecule has 0 unspecified atom stereocenters. The molecule has 0 saturated heterocycles. The predicted molar refractivity (Wildman–Crippen MR) is 69.9 cm³/mol. The lowest BCUT2D eigenvalue weighted by Crippen LogP contribution is -1.82. The normalized spacial score (nSPS) is 11.2. The third-order valence-corrected chi connectivity index (χ3v) is 3.69. The fourth-order valence-corrected chi connectivity index (χ4v) is 2.71. The summed E-state index contributed by atoms with van der Waals surface area (Å²) in [6, 6.07) is 8.26. The zero-order valence-corrected chi connectivity index (χ0v) is 10.2. The number of thiazole rings is 1. The van der Waals surface area contributed by atoms with E-state index < -0.39 is 0 Å². The lowest BCUT2D eigenvalue weighted by molar-refractivity contribution is 0.281. The molecule has 0 amide bonds. The summed E-state index contributed by atoms with van der Waals surface area (Å²) in [6.07, 6.45) is 2.08. The SMILES string of the molecule is Cn1cc(-c2csc(CO)n2)c2ccccc21. The molecule has 86 valence electrons. The molecule has 0 aliphatic heterocycles. The van der Waals surface area contributed by atoms with E-state index in [1.165, 1.54) is 22.2 Å². The number of fused-ring (bicyclic) bond motifs is 1. The number of rotatable bonds is 2. The van der Waals surface area contributed by atoms with Gasteiger partial charge in [-0.3, -0.25) is 0 Å². The number of aliphatic hydroxyl groups excluding tert-OH is 1. The number of aromatic nitrogens is 2. The van der Waals surface area contributed by atoms with Gasteiger partial charge >= 0.3 is 0 Å². The summed E-state index contributed by atoms with van der Waals surface area (Å²) < 4.78 is 2.10. The highest BCUT2D eigenvalue weighted by Gasteiger charge is 2.10. The van der Waals surface area contributed by atoms with Gasteiger partial charge in [-0.15, -0.1) is 11.3 Å². The van der Waals surface area contributed by atoms with Gasteiger partial charge in [0, 0.05) is 35.1 Å². The molecule has 1 aromatic carbocycles. The van der Waals surface area contributed by atoms with Crippen LogP contribution >= 0.6 is 11.3 Å². The summed E-state index contributed by atoms with van der Waals surface area (Å²) >= 11 is 1.49. The Morgan fingerprint density at radius 1 is 1.35 bits per heavy atom. The summed E-state index contributed by atoms with van der Waals surface area (Å²) in [5.74, 6) is 0. The van der Waals surface area contributed by atoms with Crippen LogP contribution in [0.5, 0.6) is 0 Å². The van der Waals surface area contributed by atoms with Gasteiger partial charge in [-0.2, -0.15) is 0 Å². The van der Waals surface area contributed by atoms with Crippen LogP contribution in [-0.4, -0.2) is 14.7 Å². The van der Waals surface area contributed by atoms with Crippen LogP contribution in [0.1, 0.15) is 5.01 Å². The van der Waals surface area contributed by atoms with Crippen LogP contribution in [0.15, 0.2) is 35.8 Å². The first-order valence-electron chi connectivity index (χ1n) is 5.39. The van der Waals surface area contributed by atoms with Gasteiger partial charge in [0.2, 0.25) is 0 Å². The first kappa shape index (κ1) is 10.5.